The molecule has 2 aromatic rings. The standard InChI is InChI=1S/C16H16BNO4/c19-16(22-11-12-4-2-1-3-5-12)18-9-8-13-6-7-14(17(20)21)10-15(13)18/h1-7,10,20-21H,8-9,11H2. The predicted octanol–water partition coefficient (Wildman–Crippen LogP) is 1.07. The Labute approximate surface area is 128 Å². The molecule has 5 nitrogen and oxygen atoms in total. The molecular weight excluding hydrogens is 281 g/mol. The van der Waals surface area contributed by atoms with E-state index >= 15 is 0 Å². The average Bonchev–Trinajstić information content (AvgIpc) is 2.96. The highest BCUT2D eigenvalue weighted by Crippen LogP contribution is 2.27. The van der Waals surface area contributed by atoms with Gasteiger partial charge in [0.15, 0.2) is 0 Å². The van der Waals surface area contributed by atoms with Crippen LogP contribution in [0.5, 0.6) is 0 Å². The van der Waals surface area contributed by atoms with Crippen LogP contribution in [0.4, 0.5) is 10.5 Å². The van der Waals surface area contributed by atoms with Crippen molar-refractivity contribution in [2.45, 2.75) is 13.0 Å². The molecule has 2 aromatic carbocycles. The largest absolute Gasteiger partial charge is 0.488 e. The Bertz CT molecular complexity index is 675. The van der Waals surface area contributed by atoms with Gasteiger partial charge in [-0.2, -0.15) is 0 Å². The third kappa shape index (κ3) is 2.98. The van der Waals surface area contributed by atoms with Gasteiger partial charge in [0, 0.05) is 12.2 Å². The van der Waals surface area contributed by atoms with E-state index in [0.29, 0.717) is 17.7 Å². The van der Waals surface area contributed by atoms with Crippen LogP contribution in [-0.4, -0.2) is 29.8 Å². The minimum Gasteiger partial charge on any atom is -0.444 e. The number of rotatable bonds is 3. The fourth-order valence-corrected chi connectivity index (χ4v) is 2.54. The van der Waals surface area contributed by atoms with Crippen molar-refractivity contribution in [3.8, 4) is 0 Å². The van der Waals surface area contributed by atoms with Crippen molar-refractivity contribution in [2.24, 2.45) is 0 Å². The first-order valence-electron chi connectivity index (χ1n) is 7.12. The molecule has 0 saturated heterocycles. The topological polar surface area (TPSA) is 70.0 Å². The Kier molecular flexibility index (Phi) is 4.13. The maximum atomic E-state index is 12.2. The zero-order valence-corrected chi connectivity index (χ0v) is 12.0. The molecule has 1 aliphatic heterocycles. The molecule has 0 bridgehead atoms. The zero-order valence-electron chi connectivity index (χ0n) is 12.0. The van der Waals surface area contributed by atoms with Gasteiger partial charge in [-0.05, 0) is 29.1 Å². The van der Waals surface area contributed by atoms with Crippen LogP contribution in [0.3, 0.4) is 0 Å². The minimum atomic E-state index is -1.55. The molecular formula is C16H16BNO4. The maximum absolute atomic E-state index is 12.2. The molecule has 0 spiro atoms. The number of amides is 1. The summed E-state index contributed by atoms with van der Waals surface area (Å²) in [7, 11) is -1.55. The highest BCUT2D eigenvalue weighted by Gasteiger charge is 2.27. The van der Waals surface area contributed by atoms with E-state index in [2.05, 4.69) is 0 Å². The number of ether oxygens (including phenoxy) is 1. The van der Waals surface area contributed by atoms with Crippen LogP contribution < -0.4 is 10.4 Å². The molecule has 0 radical (unpaired) electrons. The summed E-state index contributed by atoms with van der Waals surface area (Å²) >= 11 is 0. The van der Waals surface area contributed by atoms with Gasteiger partial charge in [-0.1, -0.05) is 42.5 Å². The van der Waals surface area contributed by atoms with Crippen LogP contribution in [0.1, 0.15) is 11.1 Å². The molecule has 112 valence electrons. The fourth-order valence-electron chi connectivity index (χ4n) is 2.54. The van der Waals surface area contributed by atoms with E-state index in [4.69, 9.17) is 4.74 Å². The van der Waals surface area contributed by atoms with Crippen molar-refractivity contribution < 1.29 is 19.6 Å². The summed E-state index contributed by atoms with van der Waals surface area (Å²) in [6.07, 6.45) is 0.310. The summed E-state index contributed by atoms with van der Waals surface area (Å²) in [4.78, 5) is 13.8. The molecule has 22 heavy (non-hydrogen) atoms. The summed E-state index contributed by atoms with van der Waals surface area (Å²) in [6, 6.07) is 14.6. The molecule has 0 atom stereocenters. The SMILES string of the molecule is O=C(OCc1ccccc1)N1CCc2ccc(B(O)O)cc21. The summed E-state index contributed by atoms with van der Waals surface area (Å²) in [5, 5.41) is 18.5. The third-order valence-corrected chi connectivity index (χ3v) is 3.73. The molecule has 1 heterocycles. The molecule has 0 unspecified atom stereocenters. The molecule has 0 aliphatic carbocycles. The Hall–Kier alpha value is -2.31. The third-order valence-electron chi connectivity index (χ3n) is 3.73. The summed E-state index contributed by atoms with van der Waals surface area (Å²) in [6.45, 7) is 0.752. The van der Waals surface area contributed by atoms with E-state index in [0.717, 1.165) is 17.5 Å². The molecule has 0 aromatic heterocycles. The highest BCUT2D eigenvalue weighted by molar-refractivity contribution is 6.58. The minimum absolute atomic E-state index is 0.216. The van der Waals surface area contributed by atoms with Crippen molar-refractivity contribution in [2.75, 3.05) is 11.4 Å². The van der Waals surface area contributed by atoms with Crippen LogP contribution in [0.2, 0.25) is 0 Å². The second kappa shape index (κ2) is 6.21. The van der Waals surface area contributed by atoms with Crippen LogP contribution >= 0.6 is 0 Å². The summed E-state index contributed by atoms with van der Waals surface area (Å²) in [5.74, 6) is 0. The number of carbonyl (C=O) groups is 1. The number of hydrogen-bond acceptors (Lipinski definition) is 4. The van der Waals surface area contributed by atoms with Gasteiger partial charge < -0.3 is 14.8 Å². The Morgan fingerprint density at radius 3 is 2.68 bits per heavy atom. The number of hydrogen-bond donors (Lipinski definition) is 2. The van der Waals surface area contributed by atoms with Gasteiger partial charge in [-0.25, -0.2) is 4.79 Å². The lowest BCUT2D eigenvalue weighted by Gasteiger charge is -2.17. The number of anilines is 1. The second-order valence-electron chi connectivity index (χ2n) is 5.20. The molecule has 3 rings (SSSR count). The first-order chi connectivity index (χ1) is 10.6. The lowest BCUT2D eigenvalue weighted by molar-refractivity contribution is 0.147. The van der Waals surface area contributed by atoms with Crippen LogP contribution in [-0.2, 0) is 17.8 Å². The van der Waals surface area contributed by atoms with E-state index in [9.17, 15) is 14.8 Å². The Balaban J connectivity index is 1.72. The molecule has 6 heteroatoms. The first-order valence-corrected chi connectivity index (χ1v) is 7.12. The van der Waals surface area contributed by atoms with Gasteiger partial charge in [0.05, 0.1) is 0 Å². The van der Waals surface area contributed by atoms with Gasteiger partial charge in [0.1, 0.15) is 6.61 Å². The fraction of sp³-hybridized carbons (Fsp3) is 0.188. The van der Waals surface area contributed by atoms with Crippen LogP contribution in [0, 0.1) is 0 Å². The van der Waals surface area contributed by atoms with E-state index in [1.165, 1.54) is 4.90 Å². The lowest BCUT2D eigenvalue weighted by Crippen LogP contribution is -2.33. The maximum Gasteiger partial charge on any atom is 0.488 e. The summed E-state index contributed by atoms with van der Waals surface area (Å²) in [5.41, 5.74) is 2.97. The van der Waals surface area contributed by atoms with Gasteiger partial charge in [-0.3, -0.25) is 4.90 Å². The first kappa shape index (κ1) is 14.6. The second-order valence-corrected chi connectivity index (χ2v) is 5.20. The smallest absolute Gasteiger partial charge is 0.444 e. The molecule has 1 aliphatic rings. The van der Waals surface area contributed by atoms with Gasteiger partial charge in [0.2, 0.25) is 0 Å². The summed E-state index contributed by atoms with van der Waals surface area (Å²) < 4.78 is 5.33. The number of nitrogens with zero attached hydrogens (tertiary/aromatic N) is 1. The molecule has 0 saturated carbocycles. The number of benzene rings is 2. The predicted molar refractivity (Wildman–Crippen MR) is 83.9 cm³/mol. The molecule has 2 N–H and O–H groups in total. The molecule has 0 fully saturated rings. The van der Waals surface area contributed by atoms with Crippen molar-refractivity contribution in [3.63, 3.8) is 0 Å². The average molecular weight is 297 g/mol. The lowest BCUT2D eigenvalue weighted by atomic mass is 9.79. The monoisotopic (exact) mass is 297 g/mol. The Morgan fingerprint density at radius 1 is 1.18 bits per heavy atom. The normalized spacial score (nSPS) is 12.9. The highest BCUT2D eigenvalue weighted by atomic mass is 16.6. The van der Waals surface area contributed by atoms with E-state index < -0.39 is 13.2 Å². The number of fused-ring (bicyclic) bond motifs is 1. The molecule has 1 amide bonds. The quantitative estimate of drug-likeness (QED) is 0.831. The van der Waals surface area contributed by atoms with Crippen molar-refractivity contribution in [3.05, 3.63) is 59.7 Å². The van der Waals surface area contributed by atoms with Crippen molar-refractivity contribution in [1.29, 1.82) is 0 Å². The Morgan fingerprint density at radius 2 is 1.95 bits per heavy atom. The van der Waals surface area contributed by atoms with Crippen molar-refractivity contribution >= 4 is 24.4 Å². The van der Waals surface area contributed by atoms with Crippen LogP contribution in [0.15, 0.2) is 48.5 Å². The van der Waals surface area contributed by atoms with E-state index in [1.807, 2.05) is 36.4 Å². The van der Waals surface area contributed by atoms with Gasteiger partial charge >= 0.3 is 13.2 Å². The van der Waals surface area contributed by atoms with Gasteiger partial charge in [0.25, 0.3) is 0 Å². The van der Waals surface area contributed by atoms with E-state index in [1.54, 1.807) is 12.1 Å². The van der Waals surface area contributed by atoms with Crippen LogP contribution in [0.25, 0.3) is 0 Å². The zero-order chi connectivity index (χ0) is 15.5. The number of carbonyl (C=O) groups excluding carboxylic acids is 1. The van der Waals surface area contributed by atoms with E-state index in [-0.39, 0.29) is 6.61 Å². The van der Waals surface area contributed by atoms with Crippen molar-refractivity contribution in [1.82, 2.24) is 0 Å². The van der Waals surface area contributed by atoms with Gasteiger partial charge in [-0.15, -0.1) is 0 Å².